The molecule has 1 aliphatic heterocycles. The van der Waals surface area contributed by atoms with Gasteiger partial charge in [-0.15, -0.1) is 0 Å². The van der Waals surface area contributed by atoms with Gasteiger partial charge in [-0.25, -0.2) is 4.79 Å². The summed E-state index contributed by atoms with van der Waals surface area (Å²) in [5.74, 6) is 0.00815. The van der Waals surface area contributed by atoms with Gasteiger partial charge in [-0.1, -0.05) is 60.7 Å². The molecule has 2 amide bonds. The summed E-state index contributed by atoms with van der Waals surface area (Å²) in [6.45, 7) is 5.77. The number of nitrogens with one attached hydrogen (secondary N) is 1. The molecule has 1 atom stereocenters. The number of aliphatic hydroxyl groups is 1. The first kappa shape index (κ1) is 25.7. The van der Waals surface area contributed by atoms with Crippen molar-refractivity contribution in [2.45, 2.75) is 64.5 Å². The van der Waals surface area contributed by atoms with Crippen molar-refractivity contribution in [2.24, 2.45) is 0 Å². The van der Waals surface area contributed by atoms with E-state index in [-0.39, 0.29) is 18.9 Å². The van der Waals surface area contributed by atoms with E-state index in [1.165, 1.54) is 0 Å². The first-order chi connectivity index (χ1) is 17.3. The predicted molar refractivity (Wildman–Crippen MR) is 143 cm³/mol. The molecule has 1 saturated heterocycles. The van der Waals surface area contributed by atoms with Crippen molar-refractivity contribution < 1.29 is 19.4 Å². The number of likely N-dealkylation sites (tertiary alicyclic amines) is 1. The molecule has 0 aromatic heterocycles. The molecule has 1 heterocycles. The highest BCUT2D eigenvalue weighted by atomic mass is 16.6. The van der Waals surface area contributed by atoms with Crippen LogP contribution in [0, 0.1) is 0 Å². The maximum absolute atomic E-state index is 13.5. The van der Waals surface area contributed by atoms with Gasteiger partial charge in [0.05, 0.1) is 12.6 Å². The van der Waals surface area contributed by atoms with Crippen LogP contribution in [0.15, 0.2) is 54.2 Å². The summed E-state index contributed by atoms with van der Waals surface area (Å²) in [5.41, 5.74) is 6.07. The molecule has 0 radical (unpaired) electrons. The van der Waals surface area contributed by atoms with Gasteiger partial charge in [-0.3, -0.25) is 4.79 Å². The van der Waals surface area contributed by atoms with Crippen molar-refractivity contribution in [1.29, 1.82) is 0 Å². The van der Waals surface area contributed by atoms with Crippen molar-refractivity contribution in [1.82, 2.24) is 10.2 Å². The number of carbonyl (C=O) groups is 2. The molecule has 0 unspecified atom stereocenters. The molecule has 36 heavy (non-hydrogen) atoms. The average Bonchev–Trinajstić information content (AvgIpc) is 3.02. The van der Waals surface area contributed by atoms with Crippen molar-refractivity contribution in [3.63, 3.8) is 0 Å². The van der Waals surface area contributed by atoms with Crippen molar-refractivity contribution in [3.05, 3.63) is 76.5 Å². The Morgan fingerprint density at radius 1 is 1.00 bits per heavy atom. The quantitative estimate of drug-likeness (QED) is 0.489. The van der Waals surface area contributed by atoms with E-state index in [9.17, 15) is 14.7 Å². The van der Waals surface area contributed by atoms with E-state index in [1.54, 1.807) is 20.8 Å². The summed E-state index contributed by atoms with van der Waals surface area (Å²) in [6, 6.07) is 16.1. The second kappa shape index (κ2) is 11.1. The molecule has 1 aliphatic carbocycles. The smallest absolute Gasteiger partial charge is 0.407 e. The number of ether oxygens (including phenoxy) is 1. The third kappa shape index (κ3) is 6.05. The largest absolute Gasteiger partial charge is 0.444 e. The molecular weight excluding hydrogens is 452 g/mol. The third-order valence-electron chi connectivity index (χ3n) is 6.51. The number of rotatable bonds is 5. The van der Waals surface area contributed by atoms with Crippen LogP contribution in [0.5, 0.6) is 0 Å². The molecule has 0 spiro atoms. The Balaban J connectivity index is 1.60. The van der Waals surface area contributed by atoms with E-state index in [2.05, 4.69) is 41.7 Å². The standard InChI is InChI=1S/C30H36N2O4/c1-30(2,3)36-29(35)31-23(20-33)17-18-27(34)32-19-9-8-14-26(32)28-24-12-6-4-10-21(24)15-16-22-11-5-7-13-25(22)28/h4-7,10-13,15-16,23,33H,8-9,14,17-20H2,1-3H3,(H,31,35)/t23-/m0/s1. The van der Waals surface area contributed by atoms with Gasteiger partial charge < -0.3 is 20.1 Å². The van der Waals surface area contributed by atoms with E-state index < -0.39 is 17.7 Å². The van der Waals surface area contributed by atoms with Gasteiger partial charge in [0, 0.05) is 24.2 Å². The lowest BCUT2D eigenvalue weighted by Gasteiger charge is -2.33. The minimum atomic E-state index is -0.630. The lowest BCUT2D eigenvalue weighted by molar-refractivity contribution is -0.130. The number of fused-ring (bicyclic) bond motifs is 2. The van der Waals surface area contributed by atoms with Gasteiger partial charge in [-0.05, 0) is 68.7 Å². The number of allylic oxidation sites excluding steroid dienone is 1. The molecule has 2 aromatic rings. The number of aliphatic hydroxyl groups excluding tert-OH is 1. The van der Waals surface area contributed by atoms with E-state index in [0.717, 1.165) is 52.8 Å². The summed E-state index contributed by atoms with van der Waals surface area (Å²) < 4.78 is 5.30. The number of amides is 2. The molecule has 2 aliphatic rings. The minimum absolute atomic E-state index is 0.00815. The van der Waals surface area contributed by atoms with Gasteiger partial charge in [0.15, 0.2) is 0 Å². The number of piperidine rings is 1. The van der Waals surface area contributed by atoms with E-state index in [4.69, 9.17) is 4.74 Å². The second-order valence-electron chi connectivity index (χ2n) is 10.4. The minimum Gasteiger partial charge on any atom is -0.444 e. The van der Waals surface area contributed by atoms with Crippen molar-refractivity contribution >= 4 is 29.7 Å². The van der Waals surface area contributed by atoms with Crippen LogP contribution in [0.25, 0.3) is 17.7 Å². The Morgan fingerprint density at radius 2 is 1.61 bits per heavy atom. The zero-order chi connectivity index (χ0) is 25.7. The predicted octanol–water partition coefficient (Wildman–Crippen LogP) is 5.61. The Bertz CT molecular complexity index is 1120. The Hall–Kier alpha value is -3.38. The van der Waals surface area contributed by atoms with Gasteiger partial charge in [0.25, 0.3) is 0 Å². The lowest BCUT2D eigenvalue weighted by Crippen LogP contribution is -2.42. The summed E-state index contributed by atoms with van der Waals surface area (Å²) >= 11 is 0. The first-order valence-corrected chi connectivity index (χ1v) is 12.8. The number of hydrogen-bond donors (Lipinski definition) is 2. The summed E-state index contributed by atoms with van der Waals surface area (Å²) in [4.78, 5) is 27.6. The van der Waals surface area contributed by atoms with Crippen molar-refractivity contribution in [3.8, 4) is 0 Å². The van der Waals surface area contributed by atoms with E-state index in [0.29, 0.717) is 13.0 Å². The van der Waals surface area contributed by atoms with Gasteiger partial charge in [0.2, 0.25) is 5.91 Å². The first-order valence-electron chi connectivity index (χ1n) is 12.8. The molecule has 6 nitrogen and oxygen atoms in total. The summed E-state index contributed by atoms with van der Waals surface area (Å²) in [6.07, 6.45) is 7.05. The highest BCUT2D eigenvalue weighted by molar-refractivity contribution is 5.96. The molecule has 6 heteroatoms. The van der Waals surface area contributed by atoms with E-state index in [1.807, 2.05) is 29.2 Å². The highest BCUT2D eigenvalue weighted by Gasteiger charge is 2.28. The highest BCUT2D eigenvalue weighted by Crippen LogP contribution is 2.39. The number of alkyl carbamates (subject to hydrolysis) is 1. The van der Waals surface area contributed by atoms with E-state index >= 15 is 0 Å². The number of carbonyl (C=O) groups excluding carboxylic acids is 2. The van der Waals surface area contributed by atoms with Crippen LogP contribution in [0.4, 0.5) is 4.79 Å². The Kier molecular flexibility index (Phi) is 7.94. The molecule has 0 bridgehead atoms. The number of benzene rings is 2. The maximum atomic E-state index is 13.5. The summed E-state index contributed by atoms with van der Waals surface area (Å²) in [7, 11) is 0. The fourth-order valence-corrected chi connectivity index (χ4v) is 4.86. The molecular formula is C30H36N2O4. The van der Waals surface area contributed by atoms with Crippen LogP contribution in [0.1, 0.15) is 75.1 Å². The van der Waals surface area contributed by atoms with Gasteiger partial charge >= 0.3 is 6.09 Å². The Labute approximate surface area is 213 Å². The zero-order valence-electron chi connectivity index (χ0n) is 21.4. The molecule has 0 saturated carbocycles. The molecule has 2 N–H and O–H groups in total. The van der Waals surface area contributed by atoms with Crippen LogP contribution in [-0.2, 0) is 9.53 Å². The zero-order valence-corrected chi connectivity index (χ0v) is 21.4. The van der Waals surface area contributed by atoms with Gasteiger partial charge in [-0.2, -0.15) is 0 Å². The number of nitrogens with zero attached hydrogens (tertiary/aromatic N) is 1. The SMILES string of the molecule is CC(C)(C)OC(=O)N[C@H](CO)CCC(=O)N1CCCCC1=C1c2ccccc2C=Cc2ccccc21. The lowest BCUT2D eigenvalue weighted by atomic mass is 9.88. The molecule has 2 aromatic carbocycles. The monoisotopic (exact) mass is 488 g/mol. The molecule has 190 valence electrons. The van der Waals surface area contributed by atoms with Crippen LogP contribution in [0.3, 0.4) is 0 Å². The topological polar surface area (TPSA) is 78.9 Å². The fraction of sp³-hybridized carbons (Fsp3) is 0.400. The second-order valence-corrected chi connectivity index (χ2v) is 10.4. The van der Waals surface area contributed by atoms with Crippen molar-refractivity contribution in [2.75, 3.05) is 13.2 Å². The van der Waals surface area contributed by atoms with Crippen LogP contribution < -0.4 is 5.32 Å². The fourth-order valence-electron chi connectivity index (χ4n) is 4.86. The third-order valence-corrected chi connectivity index (χ3v) is 6.51. The Morgan fingerprint density at radius 3 is 2.19 bits per heavy atom. The normalized spacial score (nSPS) is 16.1. The molecule has 4 rings (SSSR count). The molecule has 1 fully saturated rings. The summed E-state index contributed by atoms with van der Waals surface area (Å²) in [5, 5.41) is 12.5. The van der Waals surface area contributed by atoms with Crippen LogP contribution >= 0.6 is 0 Å². The number of hydrogen-bond acceptors (Lipinski definition) is 4. The maximum Gasteiger partial charge on any atom is 0.407 e. The average molecular weight is 489 g/mol. The van der Waals surface area contributed by atoms with Crippen LogP contribution in [0.2, 0.25) is 0 Å². The van der Waals surface area contributed by atoms with Gasteiger partial charge in [0.1, 0.15) is 5.60 Å². The van der Waals surface area contributed by atoms with Crippen LogP contribution in [-0.4, -0.2) is 46.8 Å².